The van der Waals surface area contributed by atoms with E-state index in [0.717, 1.165) is 24.3 Å². The number of hydrogen-bond acceptors (Lipinski definition) is 1. The minimum absolute atomic E-state index is 0.160. The highest BCUT2D eigenvalue weighted by molar-refractivity contribution is 6.30. The highest BCUT2D eigenvalue weighted by Crippen LogP contribution is 2.66. The molecule has 4 aliphatic carbocycles. The first-order valence-electron chi connectivity index (χ1n) is 9.30. The van der Waals surface area contributed by atoms with E-state index in [1.54, 1.807) is 5.57 Å². The monoisotopic (exact) mass is 330 g/mol. The molecule has 0 aliphatic heterocycles. The molecule has 0 radical (unpaired) electrons. The van der Waals surface area contributed by atoms with Crippen molar-refractivity contribution >= 4 is 17.4 Å². The molecule has 23 heavy (non-hydrogen) atoms. The average Bonchev–Trinajstić information content (AvgIpc) is 2.79. The maximum Gasteiger partial charge on any atom is 0.153 e. The molecule has 0 bridgehead atoms. The van der Waals surface area contributed by atoms with Gasteiger partial charge in [-0.3, -0.25) is 4.79 Å². The number of terminal acetylenes is 1. The van der Waals surface area contributed by atoms with E-state index in [4.69, 9.17) is 18.0 Å². The van der Waals surface area contributed by atoms with Gasteiger partial charge in [0.05, 0.1) is 5.92 Å². The van der Waals surface area contributed by atoms with Gasteiger partial charge in [-0.2, -0.15) is 0 Å². The van der Waals surface area contributed by atoms with E-state index in [9.17, 15) is 4.79 Å². The maximum atomic E-state index is 12.8. The first-order valence-corrected chi connectivity index (χ1v) is 9.68. The molecule has 0 N–H and O–H groups in total. The number of allylic oxidation sites excluding steroid dienone is 2. The average molecular weight is 331 g/mol. The fourth-order valence-corrected chi connectivity index (χ4v) is 7.23. The number of halogens is 1. The summed E-state index contributed by atoms with van der Waals surface area (Å²) in [4.78, 5) is 12.8. The van der Waals surface area contributed by atoms with Crippen molar-refractivity contribution in [2.24, 2.45) is 34.5 Å². The third-order valence-corrected chi connectivity index (χ3v) is 8.40. The van der Waals surface area contributed by atoms with E-state index in [0.29, 0.717) is 23.5 Å². The van der Waals surface area contributed by atoms with Gasteiger partial charge < -0.3 is 0 Å². The Morgan fingerprint density at radius 1 is 1.17 bits per heavy atom. The number of Topliss-reactive ketones (excluding diaryl/α,β-unsaturated/α-hetero) is 1. The molecular formula is C21H27ClO. The molecule has 2 heteroatoms. The Morgan fingerprint density at radius 3 is 2.70 bits per heavy atom. The van der Waals surface area contributed by atoms with Gasteiger partial charge in [0.1, 0.15) is 0 Å². The summed E-state index contributed by atoms with van der Waals surface area (Å²) in [7, 11) is 0. The fraction of sp³-hybridized carbons (Fsp3) is 0.762. The number of carbonyl (C=O) groups excluding carboxylic acids is 1. The van der Waals surface area contributed by atoms with Gasteiger partial charge in [-0.1, -0.05) is 37.8 Å². The summed E-state index contributed by atoms with van der Waals surface area (Å²) < 4.78 is 0. The summed E-state index contributed by atoms with van der Waals surface area (Å²) in [5.74, 6) is 4.63. The first-order chi connectivity index (χ1) is 10.9. The number of carbonyl (C=O) groups is 1. The van der Waals surface area contributed by atoms with Crippen LogP contribution in [0.15, 0.2) is 10.6 Å². The minimum atomic E-state index is -0.197. The van der Waals surface area contributed by atoms with Crippen LogP contribution in [0.5, 0.6) is 0 Å². The Labute approximate surface area is 145 Å². The van der Waals surface area contributed by atoms with Gasteiger partial charge in [0, 0.05) is 10.4 Å². The molecule has 6 atom stereocenters. The Bertz CT molecular complexity index is 626. The molecule has 4 rings (SSSR count). The van der Waals surface area contributed by atoms with Gasteiger partial charge in [-0.25, -0.2) is 0 Å². The second-order valence-electron chi connectivity index (χ2n) is 8.86. The van der Waals surface area contributed by atoms with Crippen LogP contribution < -0.4 is 0 Å². The topological polar surface area (TPSA) is 17.1 Å². The highest BCUT2D eigenvalue weighted by Gasteiger charge is 2.61. The lowest BCUT2D eigenvalue weighted by Crippen LogP contribution is -2.50. The van der Waals surface area contributed by atoms with Crippen LogP contribution in [0.3, 0.4) is 0 Å². The second kappa shape index (κ2) is 5.13. The van der Waals surface area contributed by atoms with Gasteiger partial charge in [-0.15, -0.1) is 6.42 Å². The lowest BCUT2D eigenvalue weighted by molar-refractivity contribution is -0.133. The molecule has 124 valence electrons. The predicted octanol–water partition coefficient (Wildman–Crippen LogP) is 5.33. The molecule has 3 fully saturated rings. The normalized spacial score (nSPS) is 49.2. The van der Waals surface area contributed by atoms with Crippen LogP contribution in [-0.2, 0) is 4.79 Å². The molecule has 4 aliphatic rings. The number of hydrogen-bond donors (Lipinski definition) is 0. The van der Waals surface area contributed by atoms with Crippen LogP contribution in [0.4, 0.5) is 0 Å². The third kappa shape index (κ3) is 1.97. The molecule has 3 saturated carbocycles. The molecule has 0 heterocycles. The molecule has 1 nitrogen and oxygen atoms in total. The van der Waals surface area contributed by atoms with Crippen molar-refractivity contribution in [1.82, 2.24) is 0 Å². The van der Waals surface area contributed by atoms with Crippen molar-refractivity contribution in [3.8, 4) is 12.3 Å². The fourth-order valence-electron chi connectivity index (χ4n) is 6.74. The zero-order chi connectivity index (χ0) is 16.4. The van der Waals surface area contributed by atoms with Crippen molar-refractivity contribution in [2.45, 2.75) is 65.2 Å². The van der Waals surface area contributed by atoms with Crippen LogP contribution in [0, 0.1) is 46.8 Å². The Kier molecular flexibility index (Phi) is 3.51. The smallest absolute Gasteiger partial charge is 0.153 e. The Morgan fingerprint density at radius 2 is 1.96 bits per heavy atom. The Balaban J connectivity index is 1.75. The summed E-state index contributed by atoms with van der Waals surface area (Å²) in [6, 6.07) is 0. The van der Waals surface area contributed by atoms with E-state index >= 15 is 0 Å². The SMILES string of the molecule is C#C[C@@H]1C[C@H]2[C@@H]3CC(Cl)=C4CCCC[C@]4(C)[C@H]3CC[C@]2(C)C1=O. The molecular weight excluding hydrogens is 304 g/mol. The summed E-state index contributed by atoms with van der Waals surface area (Å²) >= 11 is 6.80. The quantitative estimate of drug-likeness (QED) is 0.548. The molecule has 0 aromatic carbocycles. The molecule has 0 spiro atoms. The number of rotatable bonds is 0. The number of fused-ring (bicyclic) bond motifs is 5. The van der Waals surface area contributed by atoms with Crippen molar-refractivity contribution < 1.29 is 4.79 Å². The third-order valence-electron chi connectivity index (χ3n) is 8.02. The summed E-state index contributed by atoms with van der Waals surface area (Å²) in [6.45, 7) is 4.64. The van der Waals surface area contributed by atoms with Crippen LogP contribution in [0.1, 0.15) is 65.2 Å². The Hall–Kier alpha value is -0.740. The van der Waals surface area contributed by atoms with Crippen molar-refractivity contribution in [1.29, 1.82) is 0 Å². The second-order valence-corrected chi connectivity index (χ2v) is 9.32. The molecule has 0 unspecified atom stereocenters. The zero-order valence-corrected chi connectivity index (χ0v) is 15.1. The van der Waals surface area contributed by atoms with Crippen molar-refractivity contribution in [2.75, 3.05) is 0 Å². The first kappa shape index (κ1) is 15.8. The van der Waals surface area contributed by atoms with Crippen molar-refractivity contribution in [3.05, 3.63) is 10.6 Å². The minimum Gasteiger partial charge on any atom is -0.298 e. The summed E-state index contributed by atoms with van der Waals surface area (Å²) in [6.07, 6.45) is 14.8. The lowest BCUT2D eigenvalue weighted by Gasteiger charge is -2.56. The predicted molar refractivity (Wildman–Crippen MR) is 93.8 cm³/mol. The highest BCUT2D eigenvalue weighted by atomic mass is 35.5. The van der Waals surface area contributed by atoms with Gasteiger partial charge in [0.15, 0.2) is 5.78 Å². The van der Waals surface area contributed by atoms with E-state index < -0.39 is 0 Å². The van der Waals surface area contributed by atoms with Gasteiger partial charge in [0.25, 0.3) is 0 Å². The van der Waals surface area contributed by atoms with Gasteiger partial charge in [-0.05, 0) is 73.7 Å². The summed E-state index contributed by atoms with van der Waals surface area (Å²) in [5, 5.41) is 1.12. The molecule has 0 aromatic rings. The van der Waals surface area contributed by atoms with E-state index in [1.807, 2.05) is 0 Å². The molecule has 0 amide bonds. The standard InChI is InChI=1S/C21H27ClO/c1-4-13-11-17-14-12-18(22)16-7-5-6-9-20(16,2)15(14)8-10-21(17,3)19(13)23/h1,13-15,17H,5-12H2,2-3H3/t13-,14-,15+,17+,20-,21+/m1/s1. The van der Waals surface area contributed by atoms with E-state index in [1.165, 1.54) is 32.1 Å². The number of ketones is 1. The van der Waals surface area contributed by atoms with Crippen molar-refractivity contribution in [3.63, 3.8) is 0 Å². The van der Waals surface area contributed by atoms with E-state index in [-0.39, 0.29) is 16.7 Å². The molecule has 0 aromatic heterocycles. The summed E-state index contributed by atoms with van der Waals surface area (Å²) in [5.41, 5.74) is 1.63. The van der Waals surface area contributed by atoms with E-state index in [2.05, 4.69) is 19.8 Å². The largest absolute Gasteiger partial charge is 0.298 e. The van der Waals surface area contributed by atoms with Gasteiger partial charge >= 0.3 is 0 Å². The van der Waals surface area contributed by atoms with Crippen LogP contribution in [-0.4, -0.2) is 5.78 Å². The van der Waals surface area contributed by atoms with Gasteiger partial charge in [0.2, 0.25) is 0 Å². The maximum absolute atomic E-state index is 12.8. The van der Waals surface area contributed by atoms with Crippen LogP contribution in [0.2, 0.25) is 0 Å². The zero-order valence-electron chi connectivity index (χ0n) is 14.3. The molecule has 0 saturated heterocycles. The van der Waals surface area contributed by atoms with Crippen LogP contribution >= 0.6 is 11.6 Å². The van der Waals surface area contributed by atoms with Crippen LogP contribution in [0.25, 0.3) is 0 Å². The lowest BCUT2D eigenvalue weighted by atomic mass is 9.48.